The molecule has 4 nitrogen and oxygen atoms in total. The number of anilines is 1. The normalized spacial score (nSPS) is 10.8. The Hall–Kier alpha value is -1.81. The van der Waals surface area contributed by atoms with Gasteiger partial charge in [-0.25, -0.2) is 4.98 Å². The monoisotopic (exact) mass is 277 g/mol. The lowest BCUT2D eigenvalue weighted by Gasteiger charge is -2.09. The van der Waals surface area contributed by atoms with Gasteiger partial charge in [0.15, 0.2) is 0 Å². The van der Waals surface area contributed by atoms with E-state index in [4.69, 9.17) is 22.1 Å². The minimum Gasteiger partial charge on any atom is -0.424 e. The molecule has 1 aromatic carbocycles. The molecule has 0 saturated carbocycles. The molecule has 2 aromatic rings. The topological polar surface area (TPSA) is 61.0 Å². The maximum absolute atomic E-state index is 5.95. The summed E-state index contributed by atoms with van der Waals surface area (Å²) in [5.74, 6) is 0.888. The molecule has 19 heavy (non-hydrogen) atoms. The van der Waals surface area contributed by atoms with Gasteiger partial charge in [-0.3, -0.25) is 0 Å². The number of nitrogen functional groups attached to an aromatic ring is 1. The van der Waals surface area contributed by atoms with Crippen molar-refractivity contribution in [1.29, 1.82) is 0 Å². The molecule has 0 fully saturated rings. The zero-order chi connectivity index (χ0) is 14.0. The fourth-order valence-electron chi connectivity index (χ4n) is 1.58. The van der Waals surface area contributed by atoms with E-state index in [-0.39, 0.29) is 0 Å². The van der Waals surface area contributed by atoms with E-state index in [1.165, 1.54) is 0 Å². The Bertz CT molecular complexity index is 599. The summed E-state index contributed by atoms with van der Waals surface area (Å²) in [6.45, 7) is 6.06. The van der Waals surface area contributed by atoms with Crippen molar-refractivity contribution < 1.29 is 4.74 Å². The molecule has 2 N–H and O–H groups in total. The largest absolute Gasteiger partial charge is 0.424 e. The zero-order valence-corrected chi connectivity index (χ0v) is 11.9. The minimum absolute atomic E-state index is 0.319. The van der Waals surface area contributed by atoms with E-state index in [0.29, 0.717) is 28.4 Å². The van der Waals surface area contributed by atoms with Gasteiger partial charge in [0.25, 0.3) is 0 Å². The standard InChI is InChI=1S/C14H16ClN3O/c1-8(2)13-6-9(3)17-14(18-13)19-10-4-5-12(16)11(15)7-10/h4-8H,16H2,1-3H3. The molecule has 0 atom stereocenters. The van der Waals surface area contributed by atoms with Crippen molar-refractivity contribution in [2.45, 2.75) is 26.7 Å². The first-order valence-electron chi connectivity index (χ1n) is 6.04. The van der Waals surface area contributed by atoms with Crippen LogP contribution in [-0.4, -0.2) is 9.97 Å². The van der Waals surface area contributed by atoms with Gasteiger partial charge in [0.1, 0.15) is 5.75 Å². The third kappa shape index (κ3) is 3.35. The molecule has 0 saturated heterocycles. The fourth-order valence-corrected chi connectivity index (χ4v) is 1.75. The quantitative estimate of drug-likeness (QED) is 0.863. The molecule has 1 heterocycles. The molecule has 0 spiro atoms. The van der Waals surface area contributed by atoms with Crippen LogP contribution in [0.3, 0.4) is 0 Å². The highest BCUT2D eigenvalue weighted by Gasteiger charge is 2.08. The van der Waals surface area contributed by atoms with Crippen molar-refractivity contribution in [1.82, 2.24) is 9.97 Å². The number of halogens is 1. The predicted molar refractivity (Wildman–Crippen MR) is 76.8 cm³/mol. The van der Waals surface area contributed by atoms with E-state index in [2.05, 4.69) is 23.8 Å². The summed E-state index contributed by atoms with van der Waals surface area (Å²) in [6.07, 6.45) is 0. The van der Waals surface area contributed by atoms with Gasteiger partial charge in [0, 0.05) is 11.8 Å². The highest BCUT2D eigenvalue weighted by atomic mass is 35.5. The summed E-state index contributed by atoms with van der Waals surface area (Å²) >= 11 is 5.95. The maximum atomic E-state index is 5.95. The molecular formula is C14H16ClN3O. The number of aryl methyl sites for hydroxylation is 1. The van der Waals surface area contributed by atoms with Gasteiger partial charge in [0.05, 0.1) is 16.4 Å². The number of hydrogen-bond acceptors (Lipinski definition) is 4. The molecule has 2 rings (SSSR count). The first kappa shape index (κ1) is 13.6. The summed E-state index contributed by atoms with van der Waals surface area (Å²) < 4.78 is 5.62. The van der Waals surface area contributed by atoms with Crippen LogP contribution in [0.25, 0.3) is 0 Å². The Kier molecular flexibility index (Phi) is 3.90. The summed E-state index contributed by atoms with van der Waals surface area (Å²) in [6, 6.07) is 7.36. The third-order valence-electron chi connectivity index (χ3n) is 2.63. The van der Waals surface area contributed by atoms with Crippen LogP contribution in [0.5, 0.6) is 11.8 Å². The highest BCUT2D eigenvalue weighted by Crippen LogP contribution is 2.27. The highest BCUT2D eigenvalue weighted by molar-refractivity contribution is 6.33. The zero-order valence-electron chi connectivity index (χ0n) is 11.1. The molecule has 100 valence electrons. The van der Waals surface area contributed by atoms with Crippen LogP contribution in [0.1, 0.15) is 31.2 Å². The minimum atomic E-state index is 0.319. The smallest absolute Gasteiger partial charge is 0.322 e. The van der Waals surface area contributed by atoms with Crippen LogP contribution >= 0.6 is 11.6 Å². The van der Waals surface area contributed by atoms with E-state index in [1.54, 1.807) is 18.2 Å². The van der Waals surface area contributed by atoms with Gasteiger partial charge < -0.3 is 10.5 Å². The SMILES string of the molecule is Cc1cc(C(C)C)nc(Oc2ccc(N)c(Cl)c2)n1. The Morgan fingerprint density at radius 1 is 1.21 bits per heavy atom. The van der Waals surface area contributed by atoms with Crippen molar-refractivity contribution >= 4 is 17.3 Å². The van der Waals surface area contributed by atoms with E-state index < -0.39 is 0 Å². The average molecular weight is 278 g/mol. The van der Waals surface area contributed by atoms with Crippen LogP contribution in [0.2, 0.25) is 5.02 Å². The average Bonchev–Trinajstić information content (AvgIpc) is 2.33. The van der Waals surface area contributed by atoms with E-state index in [1.807, 2.05) is 13.0 Å². The number of ether oxygens (including phenoxy) is 1. The van der Waals surface area contributed by atoms with Gasteiger partial charge in [0.2, 0.25) is 0 Å². The molecule has 5 heteroatoms. The number of nitrogens with two attached hydrogens (primary N) is 1. The third-order valence-corrected chi connectivity index (χ3v) is 2.95. The summed E-state index contributed by atoms with van der Waals surface area (Å²) in [5.41, 5.74) is 7.99. The first-order valence-corrected chi connectivity index (χ1v) is 6.42. The molecule has 0 amide bonds. The number of rotatable bonds is 3. The van der Waals surface area contributed by atoms with Crippen molar-refractivity contribution in [3.8, 4) is 11.8 Å². The van der Waals surface area contributed by atoms with Gasteiger partial charge in [-0.05, 0) is 31.0 Å². The number of benzene rings is 1. The lowest BCUT2D eigenvalue weighted by molar-refractivity contribution is 0.436. The predicted octanol–water partition coefficient (Wildman–Crippen LogP) is 3.94. The Balaban J connectivity index is 2.29. The Morgan fingerprint density at radius 3 is 2.58 bits per heavy atom. The first-order chi connectivity index (χ1) is 8.95. The second kappa shape index (κ2) is 5.45. The van der Waals surface area contributed by atoms with E-state index in [9.17, 15) is 0 Å². The Labute approximate surface area is 117 Å². The van der Waals surface area contributed by atoms with E-state index >= 15 is 0 Å². The van der Waals surface area contributed by atoms with Crippen LogP contribution < -0.4 is 10.5 Å². The van der Waals surface area contributed by atoms with Crippen molar-refractivity contribution in [2.75, 3.05) is 5.73 Å². The van der Waals surface area contributed by atoms with Gasteiger partial charge in [-0.1, -0.05) is 25.4 Å². The summed E-state index contributed by atoms with van der Waals surface area (Å²) in [7, 11) is 0. The van der Waals surface area contributed by atoms with Crippen molar-refractivity contribution in [3.05, 3.63) is 40.7 Å². The second-order valence-electron chi connectivity index (χ2n) is 4.66. The van der Waals surface area contributed by atoms with E-state index in [0.717, 1.165) is 11.4 Å². The van der Waals surface area contributed by atoms with Crippen LogP contribution in [0.4, 0.5) is 5.69 Å². The van der Waals surface area contributed by atoms with Gasteiger partial charge in [-0.15, -0.1) is 0 Å². The molecule has 0 aliphatic heterocycles. The van der Waals surface area contributed by atoms with Gasteiger partial charge >= 0.3 is 6.01 Å². The fraction of sp³-hybridized carbons (Fsp3) is 0.286. The lowest BCUT2D eigenvalue weighted by Crippen LogP contribution is -2.00. The summed E-state index contributed by atoms with van der Waals surface area (Å²) in [5, 5.41) is 0.453. The molecule has 1 aromatic heterocycles. The second-order valence-corrected chi connectivity index (χ2v) is 5.06. The number of nitrogens with zero attached hydrogens (tertiary/aromatic N) is 2. The maximum Gasteiger partial charge on any atom is 0.322 e. The van der Waals surface area contributed by atoms with Gasteiger partial charge in [-0.2, -0.15) is 4.98 Å². The molecule has 0 aliphatic carbocycles. The number of hydrogen-bond donors (Lipinski definition) is 1. The lowest BCUT2D eigenvalue weighted by atomic mass is 10.1. The van der Waals surface area contributed by atoms with Crippen molar-refractivity contribution in [2.24, 2.45) is 0 Å². The molecule has 0 bridgehead atoms. The van der Waals surface area contributed by atoms with Crippen molar-refractivity contribution in [3.63, 3.8) is 0 Å². The van der Waals surface area contributed by atoms with Crippen LogP contribution in [0, 0.1) is 6.92 Å². The van der Waals surface area contributed by atoms with Crippen LogP contribution in [0.15, 0.2) is 24.3 Å². The molecule has 0 unspecified atom stereocenters. The Morgan fingerprint density at radius 2 is 1.95 bits per heavy atom. The van der Waals surface area contributed by atoms with Crippen LogP contribution in [-0.2, 0) is 0 Å². The molecule has 0 radical (unpaired) electrons. The molecule has 0 aliphatic rings. The molecular weight excluding hydrogens is 262 g/mol. The summed E-state index contributed by atoms with van der Waals surface area (Å²) in [4.78, 5) is 8.63. The number of aromatic nitrogens is 2.